The van der Waals surface area contributed by atoms with Gasteiger partial charge >= 0.3 is 0 Å². The van der Waals surface area contributed by atoms with Crippen molar-refractivity contribution in [2.24, 2.45) is 5.92 Å². The van der Waals surface area contributed by atoms with Crippen molar-refractivity contribution < 1.29 is 23.1 Å². The van der Waals surface area contributed by atoms with Gasteiger partial charge in [-0.1, -0.05) is 37.3 Å². The Bertz CT molecular complexity index is 1020. The van der Waals surface area contributed by atoms with E-state index in [-0.39, 0.29) is 12.5 Å². The number of aromatic nitrogens is 2. The summed E-state index contributed by atoms with van der Waals surface area (Å²) in [7, 11) is -3.47. The molecule has 2 aromatic rings. The third-order valence-electron chi connectivity index (χ3n) is 6.29. The number of hydrogen-bond donors (Lipinski definition) is 2. The maximum Gasteiger partial charge on any atom is 0.233 e. The van der Waals surface area contributed by atoms with E-state index in [1.165, 1.54) is 6.26 Å². The van der Waals surface area contributed by atoms with Gasteiger partial charge in [0.1, 0.15) is 0 Å². The first-order valence-corrected chi connectivity index (χ1v) is 12.7. The molecular weight excluding hydrogens is 430 g/mol. The molecule has 1 saturated heterocycles. The Morgan fingerprint density at radius 1 is 1.25 bits per heavy atom. The normalized spacial score (nSPS) is 18.7. The number of anilines is 1. The van der Waals surface area contributed by atoms with Gasteiger partial charge in [-0.2, -0.15) is 5.10 Å². The van der Waals surface area contributed by atoms with Crippen LogP contribution in [0.3, 0.4) is 0 Å². The van der Waals surface area contributed by atoms with E-state index in [0.717, 1.165) is 5.56 Å². The van der Waals surface area contributed by atoms with Gasteiger partial charge in [0.2, 0.25) is 5.91 Å². The molecule has 1 unspecified atom stereocenters. The number of amides is 1. The van der Waals surface area contributed by atoms with Crippen molar-refractivity contribution in [3.8, 4) is 0 Å². The minimum atomic E-state index is -3.47. The minimum absolute atomic E-state index is 0.276. The summed E-state index contributed by atoms with van der Waals surface area (Å²) in [6, 6.07) is 10.9. The Morgan fingerprint density at radius 2 is 1.88 bits per heavy atom. The number of nitrogens with zero attached hydrogens (tertiary/aromatic N) is 2. The highest BCUT2D eigenvalue weighted by molar-refractivity contribution is 7.92. The average Bonchev–Trinajstić information content (AvgIpc) is 3.13. The molecule has 1 aliphatic heterocycles. The van der Waals surface area contributed by atoms with Crippen LogP contribution in [0, 0.1) is 5.92 Å². The van der Waals surface area contributed by atoms with Crippen LogP contribution in [0.5, 0.6) is 0 Å². The Hall–Kier alpha value is -2.23. The number of nitrogens with one attached hydrogen (secondary N) is 1. The second kappa shape index (κ2) is 9.33. The lowest BCUT2D eigenvalue weighted by Crippen LogP contribution is -2.52. The van der Waals surface area contributed by atoms with Gasteiger partial charge < -0.3 is 15.2 Å². The van der Waals surface area contributed by atoms with E-state index in [1.54, 1.807) is 30.8 Å². The van der Waals surface area contributed by atoms with Crippen LogP contribution in [0.15, 0.2) is 42.6 Å². The zero-order chi connectivity index (χ0) is 23.6. The molecule has 0 saturated carbocycles. The van der Waals surface area contributed by atoms with Crippen molar-refractivity contribution in [2.75, 3.05) is 24.8 Å². The second-order valence-electron chi connectivity index (χ2n) is 9.33. The highest BCUT2D eigenvalue weighted by Gasteiger charge is 2.51. The Labute approximate surface area is 189 Å². The predicted molar refractivity (Wildman–Crippen MR) is 123 cm³/mol. The van der Waals surface area contributed by atoms with Crippen LogP contribution in [0.1, 0.15) is 45.1 Å². The molecule has 0 bridgehead atoms. The number of benzene rings is 1. The van der Waals surface area contributed by atoms with Gasteiger partial charge in [-0.3, -0.25) is 9.48 Å². The lowest BCUT2D eigenvalue weighted by atomic mass is 9.74. The zero-order valence-electron chi connectivity index (χ0n) is 19.1. The summed E-state index contributed by atoms with van der Waals surface area (Å²) in [5.41, 5.74) is -0.192. The maximum atomic E-state index is 13.5. The molecule has 2 heterocycles. The molecule has 1 aromatic heterocycles. The smallest absolute Gasteiger partial charge is 0.233 e. The monoisotopic (exact) mass is 463 g/mol. The van der Waals surface area contributed by atoms with Crippen LogP contribution in [-0.2, 0) is 25.9 Å². The molecule has 2 atom stereocenters. The summed E-state index contributed by atoms with van der Waals surface area (Å²) in [6.45, 7) is 6.18. The molecule has 0 spiro atoms. The summed E-state index contributed by atoms with van der Waals surface area (Å²) < 4.78 is 31.9. The van der Waals surface area contributed by atoms with Gasteiger partial charge in [-0.15, -0.1) is 0 Å². The fraction of sp³-hybridized carbons (Fsp3) is 0.565. The molecule has 0 aliphatic carbocycles. The summed E-state index contributed by atoms with van der Waals surface area (Å²) in [4.78, 5) is 13.5. The van der Waals surface area contributed by atoms with E-state index in [1.807, 2.05) is 37.3 Å². The minimum Gasteiger partial charge on any atom is -0.389 e. The molecule has 1 aromatic carbocycles. The second-order valence-corrected chi connectivity index (χ2v) is 11.7. The van der Waals surface area contributed by atoms with Gasteiger partial charge in [-0.25, -0.2) is 8.42 Å². The highest BCUT2D eigenvalue weighted by Crippen LogP contribution is 2.44. The van der Waals surface area contributed by atoms with E-state index in [2.05, 4.69) is 10.4 Å². The number of rotatable bonds is 8. The third kappa shape index (κ3) is 5.39. The van der Waals surface area contributed by atoms with Crippen molar-refractivity contribution >= 4 is 21.6 Å². The first-order valence-electron chi connectivity index (χ1n) is 10.8. The van der Waals surface area contributed by atoms with Crippen molar-refractivity contribution in [2.45, 2.75) is 56.4 Å². The molecule has 1 aliphatic rings. The van der Waals surface area contributed by atoms with Crippen LogP contribution >= 0.6 is 0 Å². The quantitative estimate of drug-likeness (QED) is 0.623. The van der Waals surface area contributed by atoms with Crippen molar-refractivity contribution in [1.29, 1.82) is 0 Å². The Morgan fingerprint density at radius 3 is 2.44 bits per heavy atom. The SMILES string of the molecule is CC([C@@H](C(=O)Nc1ccn(CC(C)(C)O)n1)c1ccccc1)C1(S(C)(=O)=O)CCOCC1. The predicted octanol–water partition coefficient (Wildman–Crippen LogP) is 2.61. The van der Waals surface area contributed by atoms with Gasteiger partial charge in [0.25, 0.3) is 0 Å². The first kappa shape index (κ1) is 24.4. The van der Waals surface area contributed by atoms with Gasteiger partial charge in [0, 0.05) is 31.7 Å². The molecule has 2 N–H and O–H groups in total. The summed E-state index contributed by atoms with van der Waals surface area (Å²) in [6.07, 6.45) is 3.64. The van der Waals surface area contributed by atoms with Gasteiger partial charge in [0.05, 0.1) is 22.8 Å². The molecule has 1 amide bonds. The highest BCUT2D eigenvalue weighted by atomic mass is 32.2. The standard InChI is InChI=1S/C23H33N3O5S/c1-17(23(32(4,29)30)11-14-31-15-12-23)20(18-8-6-5-7-9-18)21(27)24-19-10-13-26(25-19)16-22(2,3)28/h5-10,13,17,20,28H,11-12,14-16H2,1-4H3,(H,24,25,27)/t17?,20-/m1/s1. The fourth-order valence-electron chi connectivity index (χ4n) is 4.63. The van der Waals surface area contributed by atoms with E-state index in [9.17, 15) is 18.3 Å². The zero-order valence-corrected chi connectivity index (χ0v) is 19.9. The van der Waals surface area contributed by atoms with Gasteiger partial charge in [-0.05, 0) is 38.2 Å². The van der Waals surface area contributed by atoms with E-state index in [4.69, 9.17) is 4.74 Å². The average molecular weight is 464 g/mol. The number of aliphatic hydroxyl groups is 1. The number of hydrogen-bond acceptors (Lipinski definition) is 6. The summed E-state index contributed by atoms with van der Waals surface area (Å²) in [5.74, 6) is -1.13. The number of carbonyl (C=O) groups excluding carboxylic acids is 1. The summed E-state index contributed by atoms with van der Waals surface area (Å²) >= 11 is 0. The number of sulfone groups is 1. The van der Waals surface area contributed by atoms with Crippen molar-refractivity contribution in [3.05, 3.63) is 48.2 Å². The topological polar surface area (TPSA) is 111 Å². The third-order valence-corrected chi connectivity index (χ3v) is 8.55. The van der Waals surface area contributed by atoms with E-state index in [0.29, 0.717) is 31.9 Å². The largest absolute Gasteiger partial charge is 0.389 e. The van der Waals surface area contributed by atoms with Gasteiger partial charge in [0.15, 0.2) is 15.7 Å². The molecule has 9 heteroatoms. The Balaban J connectivity index is 1.94. The van der Waals surface area contributed by atoms with Crippen LogP contribution in [0.25, 0.3) is 0 Å². The lowest BCUT2D eigenvalue weighted by Gasteiger charge is -2.43. The van der Waals surface area contributed by atoms with E-state index >= 15 is 0 Å². The van der Waals surface area contributed by atoms with Crippen LogP contribution in [-0.4, -0.2) is 59.0 Å². The Kier molecular flexibility index (Phi) is 7.12. The van der Waals surface area contributed by atoms with Crippen LogP contribution in [0.4, 0.5) is 5.82 Å². The molecular formula is C23H33N3O5S. The molecule has 8 nitrogen and oxygen atoms in total. The first-order chi connectivity index (χ1) is 14.9. The van der Waals surface area contributed by atoms with Crippen LogP contribution < -0.4 is 5.32 Å². The molecule has 1 fully saturated rings. The summed E-state index contributed by atoms with van der Waals surface area (Å²) in [5, 5.41) is 17.2. The van der Waals surface area contributed by atoms with Crippen LogP contribution in [0.2, 0.25) is 0 Å². The van der Waals surface area contributed by atoms with E-state index < -0.39 is 32.0 Å². The number of ether oxygens (including phenoxy) is 1. The fourth-order valence-corrected chi connectivity index (χ4v) is 6.35. The maximum absolute atomic E-state index is 13.5. The molecule has 32 heavy (non-hydrogen) atoms. The van der Waals surface area contributed by atoms with Crippen molar-refractivity contribution in [1.82, 2.24) is 9.78 Å². The molecule has 3 rings (SSSR count). The molecule has 176 valence electrons. The van der Waals surface area contributed by atoms with Crippen molar-refractivity contribution in [3.63, 3.8) is 0 Å². The number of carbonyl (C=O) groups is 1. The lowest BCUT2D eigenvalue weighted by molar-refractivity contribution is -0.119. The molecule has 0 radical (unpaired) electrons.